The third-order valence-corrected chi connectivity index (χ3v) is 4.78. The van der Waals surface area contributed by atoms with Gasteiger partial charge >= 0.3 is 0 Å². The maximum absolute atomic E-state index is 12.4. The maximum Gasteiger partial charge on any atom is 0.265 e. The fourth-order valence-electron chi connectivity index (χ4n) is 2.24. The molecule has 2 fully saturated rings. The van der Waals surface area contributed by atoms with Crippen LogP contribution in [0.5, 0.6) is 0 Å². The van der Waals surface area contributed by atoms with E-state index in [9.17, 15) is 4.79 Å². The van der Waals surface area contributed by atoms with Gasteiger partial charge in [0, 0.05) is 24.8 Å². The Morgan fingerprint density at radius 3 is 2.80 bits per heavy atom. The van der Waals surface area contributed by atoms with Gasteiger partial charge in [-0.2, -0.15) is 0 Å². The molecule has 0 bridgehead atoms. The molecule has 3 rings (SSSR count). The van der Waals surface area contributed by atoms with Gasteiger partial charge < -0.3 is 21.1 Å². The molecule has 0 atom stereocenters. The highest BCUT2D eigenvalue weighted by Crippen LogP contribution is 2.31. The summed E-state index contributed by atoms with van der Waals surface area (Å²) in [4.78, 5) is 17.1. The van der Waals surface area contributed by atoms with Crippen LogP contribution >= 0.6 is 11.3 Å². The molecule has 1 aliphatic heterocycles. The van der Waals surface area contributed by atoms with Crippen LogP contribution in [0.15, 0.2) is 0 Å². The average molecular weight is 296 g/mol. The number of carbonyl (C=O) groups is 1. The molecule has 6 nitrogen and oxygen atoms in total. The molecule has 0 spiro atoms. The van der Waals surface area contributed by atoms with Gasteiger partial charge in [0.2, 0.25) is 0 Å². The first-order chi connectivity index (χ1) is 9.56. The number of hydrogen-bond donors (Lipinski definition) is 3. The minimum atomic E-state index is -0.212. The van der Waals surface area contributed by atoms with E-state index >= 15 is 0 Å². The number of anilines is 2. The Morgan fingerprint density at radius 1 is 1.45 bits per heavy atom. The van der Waals surface area contributed by atoms with E-state index in [2.05, 4.69) is 15.6 Å². The van der Waals surface area contributed by atoms with E-state index < -0.39 is 0 Å². The van der Waals surface area contributed by atoms with Gasteiger partial charge in [0.25, 0.3) is 5.91 Å². The number of amides is 1. The van der Waals surface area contributed by atoms with Crippen LogP contribution in [0.25, 0.3) is 0 Å². The molecule has 1 aliphatic carbocycles. The summed E-state index contributed by atoms with van der Waals surface area (Å²) in [6.45, 7) is 3.42. The van der Waals surface area contributed by atoms with E-state index in [0.29, 0.717) is 30.0 Å². The minimum Gasteiger partial charge on any atom is -0.382 e. The topological polar surface area (TPSA) is 89.3 Å². The lowest BCUT2D eigenvalue weighted by Crippen LogP contribution is -2.49. The van der Waals surface area contributed by atoms with E-state index in [1.54, 1.807) is 0 Å². The lowest BCUT2D eigenvalue weighted by molar-refractivity contribution is 0.0424. The highest BCUT2D eigenvalue weighted by atomic mass is 32.1. The summed E-state index contributed by atoms with van der Waals surface area (Å²) in [5.41, 5.74) is 5.65. The van der Waals surface area contributed by atoms with Crippen LogP contribution < -0.4 is 16.4 Å². The quantitative estimate of drug-likeness (QED) is 0.785. The largest absolute Gasteiger partial charge is 0.382 e. The summed E-state index contributed by atoms with van der Waals surface area (Å²) in [7, 11) is 0. The highest BCUT2D eigenvalue weighted by molar-refractivity contribution is 7.18. The maximum atomic E-state index is 12.4. The van der Waals surface area contributed by atoms with Crippen molar-refractivity contribution in [3.05, 3.63) is 4.88 Å². The minimum absolute atomic E-state index is 0.131. The van der Waals surface area contributed by atoms with Crippen molar-refractivity contribution in [3.8, 4) is 0 Å². The van der Waals surface area contributed by atoms with Crippen molar-refractivity contribution in [1.82, 2.24) is 10.3 Å². The van der Waals surface area contributed by atoms with Crippen molar-refractivity contribution in [2.75, 3.05) is 24.3 Å². The first-order valence-electron chi connectivity index (χ1n) is 6.99. The van der Waals surface area contributed by atoms with Crippen molar-refractivity contribution >= 4 is 28.2 Å². The molecule has 110 valence electrons. The molecule has 0 radical (unpaired) electrons. The third kappa shape index (κ3) is 3.04. The fourth-order valence-corrected chi connectivity index (χ4v) is 3.09. The van der Waals surface area contributed by atoms with Gasteiger partial charge in [0.1, 0.15) is 10.7 Å². The lowest BCUT2D eigenvalue weighted by Gasteiger charge is -2.34. The van der Waals surface area contributed by atoms with Crippen molar-refractivity contribution in [2.24, 2.45) is 0 Å². The van der Waals surface area contributed by atoms with Gasteiger partial charge in [-0.15, -0.1) is 0 Å². The van der Waals surface area contributed by atoms with Gasteiger partial charge in [-0.3, -0.25) is 4.79 Å². The number of ether oxygens (including phenoxy) is 1. The number of nitrogens with zero attached hydrogens (tertiary/aromatic N) is 1. The number of thiazole rings is 1. The van der Waals surface area contributed by atoms with Gasteiger partial charge in [0.05, 0.1) is 0 Å². The fraction of sp³-hybridized carbons (Fsp3) is 0.692. The monoisotopic (exact) mass is 296 g/mol. The number of nitrogens with one attached hydrogen (secondary N) is 2. The Hall–Kier alpha value is -1.34. The molecule has 2 aliphatic rings. The molecule has 0 unspecified atom stereocenters. The van der Waals surface area contributed by atoms with Crippen molar-refractivity contribution in [2.45, 2.75) is 44.2 Å². The normalized spacial score (nSPS) is 21.4. The van der Waals surface area contributed by atoms with Crippen LogP contribution in [0, 0.1) is 0 Å². The average Bonchev–Trinajstić information content (AvgIpc) is 3.12. The Balaban J connectivity index is 1.67. The molecule has 7 heteroatoms. The Kier molecular flexibility index (Phi) is 3.55. The highest BCUT2D eigenvalue weighted by Gasteiger charge is 2.31. The Bertz CT molecular complexity index is 506. The number of hydrogen-bond acceptors (Lipinski definition) is 6. The van der Waals surface area contributed by atoms with Gasteiger partial charge in [-0.05, 0) is 32.6 Å². The standard InChI is InChI=1S/C13H20N4O2S/c1-13(4-6-19-7-5-13)17-11(18)9-10(14)16-12(20-9)15-8-2-3-8/h8H,2-7,14H2,1H3,(H,15,16)(H,17,18). The number of carbonyl (C=O) groups excluding carboxylic acids is 1. The number of nitrogen functional groups attached to an aromatic ring is 1. The van der Waals surface area contributed by atoms with Gasteiger partial charge in [-0.1, -0.05) is 11.3 Å². The molecule has 1 aromatic rings. The molecule has 20 heavy (non-hydrogen) atoms. The SMILES string of the molecule is CC1(NC(=O)c2sc(NC3CC3)nc2N)CCOCC1. The zero-order valence-corrected chi connectivity index (χ0v) is 12.4. The molecule has 1 amide bonds. The lowest BCUT2D eigenvalue weighted by atomic mass is 9.92. The predicted molar refractivity (Wildman–Crippen MR) is 79.1 cm³/mol. The van der Waals surface area contributed by atoms with Crippen LogP contribution in [0.2, 0.25) is 0 Å². The summed E-state index contributed by atoms with van der Waals surface area (Å²) in [5, 5.41) is 7.09. The number of nitrogens with two attached hydrogens (primary N) is 1. The van der Waals surface area contributed by atoms with Crippen LogP contribution in [0.1, 0.15) is 42.3 Å². The molecule has 1 saturated heterocycles. The van der Waals surface area contributed by atoms with E-state index in [-0.39, 0.29) is 11.4 Å². The van der Waals surface area contributed by atoms with Crippen molar-refractivity contribution in [3.63, 3.8) is 0 Å². The van der Waals surface area contributed by atoms with Crippen molar-refractivity contribution in [1.29, 1.82) is 0 Å². The Labute approximate surface area is 122 Å². The summed E-state index contributed by atoms with van der Waals surface area (Å²) >= 11 is 1.33. The summed E-state index contributed by atoms with van der Waals surface area (Å²) in [6.07, 6.45) is 3.98. The zero-order valence-electron chi connectivity index (χ0n) is 11.6. The molecule has 1 aromatic heterocycles. The second-order valence-electron chi connectivity index (χ2n) is 5.78. The molecular weight excluding hydrogens is 276 g/mol. The van der Waals surface area contributed by atoms with E-state index in [0.717, 1.165) is 18.0 Å². The second kappa shape index (κ2) is 5.21. The zero-order chi connectivity index (χ0) is 14.2. The van der Waals surface area contributed by atoms with Crippen LogP contribution in [-0.2, 0) is 4.74 Å². The molecule has 2 heterocycles. The molecule has 4 N–H and O–H groups in total. The van der Waals surface area contributed by atoms with Crippen molar-refractivity contribution < 1.29 is 9.53 Å². The van der Waals surface area contributed by atoms with Gasteiger partial charge in [0.15, 0.2) is 5.13 Å². The summed E-state index contributed by atoms with van der Waals surface area (Å²) in [6, 6.07) is 0.504. The summed E-state index contributed by atoms with van der Waals surface area (Å²) in [5.74, 6) is 0.180. The first kappa shape index (κ1) is 13.6. The third-order valence-electron chi connectivity index (χ3n) is 3.78. The van der Waals surface area contributed by atoms with E-state index in [4.69, 9.17) is 10.5 Å². The van der Waals surface area contributed by atoms with E-state index in [1.807, 2.05) is 6.92 Å². The predicted octanol–water partition coefficient (Wildman–Crippen LogP) is 1.60. The van der Waals surface area contributed by atoms with Crippen LogP contribution in [-0.4, -0.2) is 35.7 Å². The van der Waals surface area contributed by atoms with E-state index in [1.165, 1.54) is 24.2 Å². The number of aromatic nitrogens is 1. The first-order valence-corrected chi connectivity index (χ1v) is 7.80. The molecular formula is C13H20N4O2S. The summed E-state index contributed by atoms with van der Waals surface area (Å²) < 4.78 is 5.33. The van der Waals surface area contributed by atoms with Crippen LogP contribution in [0.4, 0.5) is 10.9 Å². The number of rotatable bonds is 4. The van der Waals surface area contributed by atoms with Crippen LogP contribution in [0.3, 0.4) is 0 Å². The molecule has 0 aromatic carbocycles. The molecule has 1 saturated carbocycles. The second-order valence-corrected chi connectivity index (χ2v) is 6.78. The smallest absolute Gasteiger partial charge is 0.265 e. The Morgan fingerprint density at radius 2 is 2.15 bits per heavy atom. The van der Waals surface area contributed by atoms with Gasteiger partial charge in [-0.25, -0.2) is 4.98 Å².